The molecular weight excluding hydrogens is 332 g/mol. The van der Waals surface area contributed by atoms with Gasteiger partial charge in [0.15, 0.2) is 0 Å². The minimum absolute atomic E-state index is 0.0415. The number of nitro benzene ring substituents is 1. The van der Waals surface area contributed by atoms with Gasteiger partial charge in [0, 0.05) is 37.8 Å². The highest BCUT2D eigenvalue weighted by Crippen LogP contribution is 2.32. The number of benzene rings is 1. The summed E-state index contributed by atoms with van der Waals surface area (Å²) in [5, 5.41) is 14.9. The van der Waals surface area contributed by atoms with Crippen LogP contribution in [0, 0.1) is 16.0 Å². The number of amides is 1. The fourth-order valence-corrected chi connectivity index (χ4v) is 3.90. The summed E-state index contributed by atoms with van der Waals surface area (Å²) >= 11 is 0. The molecule has 2 aliphatic rings. The average molecular weight is 360 g/mol. The van der Waals surface area contributed by atoms with Crippen LogP contribution < -0.4 is 10.2 Å². The van der Waals surface area contributed by atoms with E-state index in [1.54, 1.807) is 12.1 Å². The van der Waals surface area contributed by atoms with Crippen molar-refractivity contribution in [2.75, 3.05) is 44.2 Å². The highest BCUT2D eigenvalue weighted by molar-refractivity contribution is 5.96. The van der Waals surface area contributed by atoms with Crippen molar-refractivity contribution < 1.29 is 9.72 Å². The predicted molar refractivity (Wildman–Crippen MR) is 102 cm³/mol. The van der Waals surface area contributed by atoms with Crippen LogP contribution in [0.3, 0.4) is 0 Å². The normalized spacial score (nSPS) is 18.3. The first kappa shape index (κ1) is 18.6. The first-order chi connectivity index (χ1) is 12.6. The number of likely N-dealkylation sites (tertiary alicyclic amines) is 1. The van der Waals surface area contributed by atoms with E-state index >= 15 is 0 Å². The van der Waals surface area contributed by atoms with Gasteiger partial charge in [0.2, 0.25) is 0 Å². The minimum Gasteiger partial charge on any atom is -0.366 e. The summed E-state index contributed by atoms with van der Waals surface area (Å²) in [5.74, 6) is 0.508. The molecule has 0 spiro atoms. The molecule has 142 valence electrons. The predicted octanol–water partition coefficient (Wildman–Crippen LogP) is 2.66. The standard InChI is InChI=1S/C19H28N4O3/c1-2-20-14-15-7-11-22(12-8-15)19(24)16-5-6-17(18(13-16)23(25)26)21-9-3-4-10-21/h5-6,13,15,20H,2-4,7-12,14H2,1H3. The third-order valence-corrected chi connectivity index (χ3v) is 5.45. The molecule has 1 N–H and O–H groups in total. The summed E-state index contributed by atoms with van der Waals surface area (Å²) in [7, 11) is 0. The number of hydrogen-bond acceptors (Lipinski definition) is 5. The quantitative estimate of drug-likeness (QED) is 0.623. The van der Waals surface area contributed by atoms with Crippen molar-refractivity contribution in [1.82, 2.24) is 10.2 Å². The third-order valence-electron chi connectivity index (χ3n) is 5.45. The van der Waals surface area contributed by atoms with Gasteiger partial charge in [0.05, 0.1) is 4.92 Å². The van der Waals surface area contributed by atoms with Gasteiger partial charge < -0.3 is 15.1 Å². The maximum absolute atomic E-state index is 12.8. The largest absolute Gasteiger partial charge is 0.366 e. The van der Waals surface area contributed by atoms with Crippen molar-refractivity contribution in [3.63, 3.8) is 0 Å². The maximum Gasteiger partial charge on any atom is 0.293 e. The Kier molecular flexibility index (Phi) is 6.08. The SMILES string of the molecule is CCNCC1CCN(C(=O)c2ccc(N3CCCC3)c([N+](=O)[O-])c2)CC1. The van der Waals surface area contributed by atoms with E-state index in [0.717, 1.165) is 65.0 Å². The van der Waals surface area contributed by atoms with E-state index in [1.807, 2.05) is 9.80 Å². The molecule has 1 amide bonds. The second-order valence-electron chi connectivity index (χ2n) is 7.20. The molecular formula is C19H28N4O3. The number of anilines is 1. The van der Waals surface area contributed by atoms with E-state index < -0.39 is 0 Å². The molecule has 7 nitrogen and oxygen atoms in total. The number of nitrogens with zero attached hydrogens (tertiary/aromatic N) is 3. The molecule has 1 aromatic rings. The molecule has 2 aliphatic heterocycles. The van der Waals surface area contributed by atoms with Crippen molar-refractivity contribution in [2.45, 2.75) is 32.6 Å². The fraction of sp³-hybridized carbons (Fsp3) is 0.632. The number of piperidine rings is 1. The van der Waals surface area contributed by atoms with Gasteiger partial charge in [-0.05, 0) is 56.8 Å². The van der Waals surface area contributed by atoms with Gasteiger partial charge in [-0.2, -0.15) is 0 Å². The molecule has 2 heterocycles. The monoisotopic (exact) mass is 360 g/mol. The molecule has 26 heavy (non-hydrogen) atoms. The van der Waals surface area contributed by atoms with Crippen LogP contribution in [0.25, 0.3) is 0 Å². The highest BCUT2D eigenvalue weighted by atomic mass is 16.6. The highest BCUT2D eigenvalue weighted by Gasteiger charge is 2.27. The van der Waals surface area contributed by atoms with Crippen molar-refractivity contribution in [3.8, 4) is 0 Å². The number of hydrogen-bond donors (Lipinski definition) is 1. The van der Waals surface area contributed by atoms with Crippen LogP contribution in [0.1, 0.15) is 43.0 Å². The van der Waals surface area contributed by atoms with E-state index in [2.05, 4.69) is 12.2 Å². The molecule has 0 unspecified atom stereocenters. The van der Waals surface area contributed by atoms with Crippen LogP contribution >= 0.6 is 0 Å². The van der Waals surface area contributed by atoms with Gasteiger partial charge in [-0.15, -0.1) is 0 Å². The average Bonchev–Trinajstić information content (AvgIpc) is 3.20. The van der Waals surface area contributed by atoms with Crippen LogP contribution in [0.5, 0.6) is 0 Å². The number of carbonyl (C=O) groups is 1. The van der Waals surface area contributed by atoms with Gasteiger partial charge in [0.1, 0.15) is 5.69 Å². The zero-order chi connectivity index (χ0) is 18.5. The van der Waals surface area contributed by atoms with Gasteiger partial charge in [-0.1, -0.05) is 6.92 Å². The topological polar surface area (TPSA) is 78.7 Å². The number of nitrogens with one attached hydrogen (secondary N) is 1. The lowest BCUT2D eigenvalue weighted by Crippen LogP contribution is -2.40. The van der Waals surface area contributed by atoms with Gasteiger partial charge in [0.25, 0.3) is 11.6 Å². The van der Waals surface area contributed by atoms with Gasteiger partial charge in [-0.25, -0.2) is 0 Å². The van der Waals surface area contributed by atoms with E-state index in [-0.39, 0.29) is 16.5 Å². The summed E-state index contributed by atoms with van der Waals surface area (Å²) in [6.07, 6.45) is 4.07. The first-order valence-corrected chi connectivity index (χ1v) is 9.63. The molecule has 2 fully saturated rings. The van der Waals surface area contributed by atoms with E-state index in [9.17, 15) is 14.9 Å². The molecule has 0 aliphatic carbocycles. The summed E-state index contributed by atoms with van der Waals surface area (Å²) in [6, 6.07) is 4.95. The van der Waals surface area contributed by atoms with Crippen LogP contribution in [-0.2, 0) is 0 Å². The van der Waals surface area contributed by atoms with Crippen LogP contribution in [-0.4, -0.2) is 55.0 Å². The van der Waals surface area contributed by atoms with Crippen molar-refractivity contribution in [3.05, 3.63) is 33.9 Å². The first-order valence-electron chi connectivity index (χ1n) is 9.63. The molecule has 1 aromatic carbocycles. The van der Waals surface area contributed by atoms with Crippen LogP contribution in [0.4, 0.5) is 11.4 Å². The Bertz CT molecular complexity index is 650. The molecule has 7 heteroatoms. The Balaban J connectivity index is 1.70. The summed E-state index contributed by atoms with van der Waals surface area (Å²) in [4.78, 5) is 27.8. The molecule has 0 bridgehead atoms. The Morgan fingerprint density at radius 2 is 1.92 bits per heavy atom. The molecule has 0 atom stereocenters. The van der Waals surface area contributed by atoms with Gasteiger partial charge in [-0.3, -0.25) is 14.9 Å². The van der Waals surface area contributed by atoms with E-state index in [1.165, 1.54) is 6.07 Å². The van der Waals surface area contributed by atoms with Crippen LogP contribution in [0.15, 0.2) is 18.2 Å². The zero-order valence-corrected chi connectivity index (χ0v) is 15.4. The molecule has 0 radical (unpaired) electrons. The third kappa shape index (κ3) is 4.15. The number of carbonyl (C=O) groups excluding carboxylic acids is 1. The van der Waals surface area contributed by atoms with Crippen molar-refractivity contribution >= 4 is 17.3 Å². The summed E-state index contributed by atoms with van der Waals surface area (Å²) in [5.41, 5.74) is 1.10. The number of rotatable bonds is 6. The molecule has 0 aromatic heterocycles. The Labute approximate surface area is 154 Å². The second-order valence-corrected chi connectivity index (χ2v) is 7.20. The molecule has 2 saturated heterocycles. The Morgan fingerprint density at radius 1 is 1.23 bits per heavy atom. The zero-order valence-electron chi connectivity index (χ0n) is 15.4. The lowest BCUT2D eigenvalue weighted by atomic mass is 9.96. The molecule has 0 saturated carbocycles. The lowest BCUT2D eigenvalue weighted by Gasteiger charge is -2.32. The van der Waals surface area contributed by atoms with E-state index in [4.69, 9.17) is 0 Å². The van der Waals surface area contributed by atoms with Gasteiger partial charge >= 0.3 is 0 Å². The number of nitro groups is 1. The minimum atomic E-state index is -0.368. The summed E-state index contributed by atoms with van der Waals surface area (Å²) < 4.78 is 0. The Hall–Kier alpha value is -2.15. The second kappa shape index (κ2) is 8.49. The summed E-state index contributed by atoms with van der Waals surface area (Å²) in [6.45, 7) is 7.17. The smallest absolute Gasteiger partial charge is 0.293 e. The fourth-order valence-electron chi connectivity index (χ4n) is 3.90. The molecule has 3 rings (SSSR count). The van der Waals surface area contributed by atoms with Crippen molar-refractivity contribution in [2.24, 2.45) is 5.92 Å². The lowest BCUT2D eigenvalue weighted by molar-refractivity contribution is -0.384. The van der Waals surface area contributed by atoms with Crippen molar-refractivity contribution in [1.29, 1.82) is 0 Å². The van der Waals surface area contributed by atoms with Crippen LogP contribution in [0.2, 0.25) is 0 Å². The maximum atomic E-state index is 12.8. The Morgan fingerprint density at radius 3 is 2.54 bits per heavy atom. The van der Waals surface area contributed by atoms with E-state index in [0.29, 0.717) is 17.2 Å².